The van der Waals surface area contributed by atoms with Gasteiger partial charge in [-0.3, -0.25) is 0 Å². The molecule has 0 aliphatic carbocycles. The molecule has 15 heavy (non-hydrogen) atoms. The molecule has 0 nitrogen and oxygen atoms in total. The average molecular weight is 188 g/mol. The van der Waals surface area contributed by atoms with E-state index in [1.165, 1.54) is 44.9 Å². The van der Waals surface area contributed by atoms with Crippen LogP contribution in [0.1, 0.15) is 57.8 Å². The van der Waals surface area contributed by atoms with Gasteiger partial charge in [0, 0.05) is 0 Å². The third-order valence-corrected chi connectivity index (χ3v) is 2.07. The van der Waals surface area contributed by atoms with Crippen LogP contribution in [0.4, 0.5) is 0 Å². The van der Waals surface area contributed by atoms with Gasteiger partial charge in [-0.05, 0) is 0 Å². The summed E-state index contributed by atoms with van der Waals surface area (Å²) in [6.45, 7) is 7.65. The van der Waals surface area contributed by atoms with Crippen molar-refractivity contribution in [2.75, 3.05) is 0 Å². The Morgan fingerprint density at radius 2 is 1.07 bits per heavy atom. The number of unbranched alkanes of at least 4 members (excludes halogenated alkanes) is 9. The standard InChI is InChI=1S/C12H23.3Li/c1-3-5-7-9-11-12-10-8-6-4-2;;;/h9H,1-8,10-12H2;;;/q-3;3*+1. The van der Waals surface area contributed by atoms with Crippen molar-refractivity contribution in [1.29, 1.82) is 0 Å². The molecule has 0 aliphatic heterocycles. The van der Waals surface area contributed by atoms with E-state index >= 15 is 0 Å². The second-order valence-corrected chi connectivity index (χ2v) is 3.34. The normalized spacial score (nSPS) is 8.40. The molecule has 74 valence electrons. The summed E-state index contributed by atoms with van der Waals surface area (Å²) in [7, 11) is 0. The van der Waals surface area contributed by atoms with Crippen molar-refractivity contribution in [2.24, 2.45) is 0 Å². The van der Waals surface area contributed by atoms with Gasteiger partial charge in [-0.15, -0.1) is 6.42 Å². The minimum Gasteiger partial charge on any atom is -0.343 e. The van der Waals surface area contributed by atoms with E-state index in [-0.39, 0.29) is 56.6 Å². The molecule has 0 saturated heterocycles. The fraction of sp³-hybridized carbons (Fsp3) is 0.750. The largest absolute Gasteiger partial charge is 1.00 e. The fourth-order valence-corrected chi connectivity index (χ4v) is 1.25. The zero-order valence-corrected chi connectivity index (χ0v) is 11.4. The van der Waals surface area contributed by atoms with Crippen LogP contribution in [0.3, 0.4) is 0 Å². The van der Waals surface area contributed by atoms with E-state index in [1.54, 1.807) is 0 Å². The zero-order chi connectivity index (χ0) is 9.07. The van der Waals surface area contributed by atoms with Crippen LogP contribution in [0, 0.1) is 20.3 Å². The van der Waals surface area contributed by atoms with Crippen molar-refractivity contribution in [3.05, 3.63) is 20.3 Å². The van der Waals surface area contributed by atoms with Crippen LogP contribution in [-0.4, -0.2) is 0 Å². The van der Waals surface area contributed by atoms with E-state index in [1.807, 2.05) is 0 Å². The van der Waals surface area contributed by atoms with E-state index < -0.39 is 0 Å². The summed E-state index contributed by atoms with van der Waals surface area (Å²) in [5.74, 6) is 0. The van der Waals surface area contributed by atoms with Crippen LogP contribution < -0.4 is 56.6 Å². The van der Waals surface area contributed by atoms with Crippen molar-refractivity contribution in [1.82, 2.24) is 0 Å². The molecule has 0 bridgehead atoms. The Bertz CT molecular complexity index is 67.3. The Labute approximate surface area is 134 Å². The van der Waals surface area contributed by atoms with Crippen molar-refractivity contribution in [2.45, 2.75) is 57.8 Å². The van der Waals surface area contributed by atoms with Gasteiger partial charge in [0.1, 0.15) is 0 Å². The van der Waals surface area contributed by atoms with Crippen molar-refractivity contribution < 1.29 is 56.6 Å². The van der Waals surface area contributed by atoms with E-state index in [0.29, 0.717) is 0 Å². The molecule has 0 unspecified atom stereocenters. The topological polar surface area (TPSA) is 0 Å². The van der Waals surface area contributed by atoms with Gasteiger partial charge in [0.25, 0.3) is 0 Å². The molecular formula is C12H23Li3. The van der Waals surface area contributed by atoms with Gasteiger partial charge in [-0.25, -0.2) is 0 Å². The third kappa shape index (κ3) is 25.8. The summed E-state index contributed by atoms with van der Waals surface area (Å²) in [4.78, 5) is 0. The van der Waals surface area contributed by atoms with Gasteiger partial charge < -0.3 is 20.3 Å². The van der Waals surface area contributed by atoms with Gasteiger partial charge in [0.2, 0.25) is 0 Å². The summed E-state index contributed by atoms with van der Waals surface area (Å²) in [6, 6.07) is 0. The summed E-state index contributed by atoms with van der Waals surface area (Å²) >= 11 is 0. The van der Waals surface area contributed by atoms with E-state index in [0.717, 1.165) is 12.8 Å². The monoisotopic (exact) mass is 188 g/mol. The minimum atomic E-state index is 0. The van der Waals surface area contributed by atoms with Crippen LogP contribution in [0.25, 0.3) is 0 Å². The fourth-order valence-electron chi connectivity index (χ4n) is 1.25. The zero-order valence-electron chi connectivity index (χ0n) is 11.4. The smallest absolute Gasteiger partial charge is 0.343 e. The van der Waals surface area contributed by atoms with Crippen molar-refractivity contribution >= 4 is 0 Å². The molecule has 0 aromatic carbocycles. The van der Waals surface area contributed by atoms with Gasteiger partial charge in [0.15, 0.2) is 0 Å². The number of rotatable bonds is 9. The molecule has 0 atom stereocenters. The maximum absolute atomic E-state index is 3.83. The summed E-state index contributed by atoms with van der Waals surface area (Å²) < 4.78 is 0. The average Bonchev–Trinajstić information content (AvgIpc) is 2.10. The molecule has 0 fully saturated rings. The Morgan fingerprint density at radius 1 is 0.600 bits per heavy atom. The van der Waals surface area contributed by atoms with Crippen LogP contribution in [-0.2, 0) is 0 Å². The first-order valence-corrected chi connectivity index (χ1v) is 5.32. The quantitative estimate of drug-likeness (QED) is 0.194. The molecule has 3 heteroatoms. The molecule has 0 radical (unpaired) electrons. The second kappa shape index (κ2) is 24.8. The van der Waals surface area contributed by atoms with Gasteiger partial charge in [-0.2, -0.15) is 25.7 Å². The third-order valence-electron chi connectivity index (χ3n) is 2.07. The summed E-state index contributed by atoms with van der Waals surface area (Å²) in [6.07, 6.45) is 13.9. The maximum atomic E-state index is 3.83. The first kappa shape index (κ1) is 25.6. The van der Waals surface area contributed by atoms with E-state index in [2.05, 4.69) is 20.3 Å². The molecule has 0 aromatic heterocycles. The van der Waals surface area contributed by atoms with Crippen LogP contribution >= 0.6 is 0 Å². The molecule has 0 aromatic rings. The van der Waals surface area contributed by atoms with Crippen molar-refractivity contribution in [3.63, 3.8) is 0 Å². The Morgan fingerprint density at radius 3 is 1.60 bits per heavy atom. The Kier molecular flexibility index (Phi) is 42.4. The molecule has 0 spiro atoms. The molecule has 0 amide bonds. The Balaban J connectivity index is -0.000000202. The van der Waals surface area contributed by atoms with Gasteiger partial charge in [-0.1, -0.05) is 25.7 Å². The number of hydrogen-bond acceptors (Lipinski definition) is 0. The molecule has 0 aliphatic rings. The van der Waals surface area contributed by atoms with E-state index in [4.69, 9.17) is 0 Å². The SMILES string of the molecule is [CH2-]CCC[CH-]CCCCCC[CH2-].[Li+].[Li+].[Li+]. The van der Waals surface area contributed by atoms with E-state index in [9.17, 15) is 0 Å². The predicted octanol–water partition coefficient (Wildman–Crippen LogP) is -4.62. The first-order chi connectivity index (χ1) is 5.91. The minimum absolute atomic E-state index is 0. The number of hydrogen-bond donors (Lipinski definition) is 0. The molecule has 0 saturated carbocycles. The molecular weight excluding hydrogens is 165 g/mol. The van der Waals surface area contributed by atoms with Gasteiger partial charge >= 0.3 is 56.6 Å². The maximum Gasteiger partial charge on any atom is 1.00 e. The summed E-state index contributed by atoms with van der Waals surface area (Å²) in [5, 5.41) is 0. The van der Waals surface area contributed by atoms with Gasteiger partial charge in [0.05, 0.1) is 0 Å². The van der Waals surface area contributed by atoms with Crippen molar-refractivity contribution in [3.8, 4) is 0 Å². The van der Waals surface area contributed by atoms with Crippen LogP contribution in [0.15, 0.2) is 0 Å². The molecule has 0 N–H and O–H groups in total. The summed E-state index contributed by atoms with van der Waals surface area (Å²) in [5.41, 5.74) is 0. The second-order valence-electron chi connectivity index (χ2n) is 3.34. The molecule has 0 rings (SSSR count). The van der Waals surface area contributed by atoms with Crippen LogP contribution in [0.2, 0.25) is 0 Å². The molecule has 0 heterocycles. The van der Waals surface area contributed by atoms with Crippen LogP contribution in [0.5, 0.6) is 0 Å². The predicted molar refractivity (Wildman–Crippen MR) is 56.6 cm³/mol. The Hall–Kier alpha value is 1.79. The first-order valence-electron chi connectivity index (χ1n) is 5.32.